The number of nitrogens with zero attached hydrogens (tertiary/aromatic N) is 3. The van der Waals surface area contributed by atoms with Crippen molar-refractivity contribution in [3.63, 3.8) is 0 Å². The fourth-order valence-electron chi connectivity index (χ4n) is 2.93. The van der Waals surface area contributed by atoms with Crippen LogP contribution in [0.25, 0.3) is 28.1 Å². The summed E-state index contributed by atoms with van der Waals surface area (Å²) in [5.74, 6) is 0.874. The molecule has 2 aromatic heterocycles. The van der Waals surface area contributed by atoms with E-state index in [2.05, 4.69) is 36.1 Å². The number of nitrogens with one attached hydrogen (secondary N) is 1. The molecule has 0 amide bonds. The quantitative estimate of drug-likeness (QED) is 0.605. The van der Waals surface area contributed by atoms with Crippen LogP contribution in [0.1, 0.15) is 11.1 Å². The highest BCUT2D eigenvalue weighted by Crippen LogP contribution is 2.30. The van der Waals surface area contributed by atoms with E-state index in [1.165, 1.54) is 11.1 Å². The van der Waals surface area contributed by atoms with Crippen molar-refractivity contribution in [2.45, 2.75) is 13.8 Å². The Morgan fingerprint density at radius 2 is 1.91 bits per heavy atom. The number of hydrogen-bond acceptors (Lipinski definition) is 2. The topological polar surface area (TPSA) is 46.5 Å². The molecule has 0 saturated carbocycles. The molecule has 4 rings (SSSR count). The van der Waals surface area contributed by atoms with Gasteiger partial charge in [0.15, 0.2) is 0 Å². The number of fused-ring (bicyclic) bond motifs is 1. The maximum atomic E-state index is 4.74. The van der Waals surface area contributed by atoms with Gasteiger partial charge in [-0.25, -0.2) is 9.67 Å². The second-order valence-corrected chi connectivity index (χ2v) is 5.53. The normalized spacial score (nSPS) is 11.2. The number of rotatable bonds is 2. The van der Waals surface area contributed by atoms with Gasteiger partial charge in [-0.1, -0.05) is 18.2 Å². The molecule has 108 valence electrons. The Bertz CT molecular complexity index is 916. The van der Waals surface area contributed by atoms with E-state index in [1.807, 2.05) is 41.2 Å². The predicted octanol–water partition coefficient (Wildman–Crippen LogP) is 4.03. The highest BCUT2D eigenvalue weighted by atomic mass is 15.3. The monoisotopic (exact) mass is 288 g/mol. The molecule has 0 aliphatic heterocycles. The van der Waals surface area contributed by atoms with E-state index < -0.39 is 0 Å². The lowest BCUT2D eigenvalue weighted by molar-refractivity contribution is 0.872. The minimum atomic E-state index is 0.874. The number of aryl methyl sites for hydroxylation is 2. The van der Waals surface area contributed by atoms with Crippen LogP contribution in [0.4, 0.5) is 0 Å². The maximum absolute atomic E-state index is 4.74. The maximum Gasteiger partial charge on any atom is 0.140 e. The lowest BCUT2D eigenvalue weighted by Crippen LogP contribution is -2.02. The molecule has 2 heterocycles. The largest absolute Gasteiger partial charge is 0.338 e. The fraction of sp³-hybridized carbons (Fsp3) is 0.111. The van der Waals surface area contributed by atoms with Crippen LogP contribution in [0.3, 0.4) is 0 Å². The molecule has 4 nitrogen and oxygen atoms in total. The molecule has 2 aromatic carbocycles. The van der Waals surface area contributed by atoms with Crippen molar-refractivity contribution in [2.24, 2.45) is 0 Å². The first-order chi connectivity index (χ1) is 10.7. The van der Waals surface area contributed by atoms with Gasteiger partial charge in [0.2, 0.25) is 0 Å². The van der Waals surface area contributed by atoms with Crippen LogP contribution in [0, 0.1) is 13.8 Å². The van der Waals surface area contributed by atoms with E-state index in [-0.39, 0.29) is 0 Å². The van der Waals surface area contributed by atoms with Gasteiger partial charge < -0.3 is 4.98 Å². The zero-order chi connectivity index (χ0) is 15.1. The number of benzene rings is 2. The minimum absolute atomic E-state index is 0.874. The predicted molar refractivity (Wildman–Crippen MR) is 88.1 cm³/mol. The smallest absolute Gasteiger partial charge is 0.140 e. The van der Waals surface area contributed by atoms with Gasteiger partial charge in [-0.3, -0.25) is 0 Å². The van der Waals surface area contributed by atoms with Crippen LogP contribution in [0.5, 0.6) is 0 Å². The van der Waals surface area contributed by atoms with Crippen molar-refractivity contribution in [1.82, 2.24) is 19.7 Å². The van der Waals surface area contributed by atoms with Gasteiger partial charge in [-0.2, -0.15) is 5.10 Å². The summed E-state index contributed by atoms with van der Waals surface area (Å²) in [6, 6.07) is 14.3. The molecule has 0 aliphatic carbocycles. The lowest BCUT2D eigenvalue weighted by Gasteiger charge is -2.12. The molecule has 0 fully saturated rings. The average Bonchev–Trinajstić information content (AvgIpc) is 3.15. The minimum Gasteiger partial charge on any atom is -0.338 e. The molecule has 0 saturated heterocycles. The molecule has 4 heteroatoms. The molecule has 22 heavy (non-hydrogen) atoms. The Morgan fingerprint density at radius 3 is 2.68 bits per heavy atom. The van der Waals surface area contributed by atoms with E-state index in [4.69, 9.17) is 4.98 Å². The molecule has 0 unspecified atom stereocenters. The molecule has 0 aliphatic rings. The van der Waals surface area contributed by atoms with Gasteiger partial charge in [-0.05, 0) is 49.2 Å². The highest BCUT2D eigenvalue weighted by molar-refractivity contribution is 5.82. The van der Waals surface area contributed by atoms with E-state index in [1.54, 1.807) is 6.20 Å². The summed E-state index contributed by atoms with van der Waals surface area (Å²) in [5, 5.41) is 4.39. The van der Waals surface area contributed by atoms with Crippen molar-refractivity contribution in [3.05, 3.63) is 66.0 Å². The summed E-state index contributed by atoms with van der Waals surface area (Å²) in [6.45, 7) is 4.21. The number of aromatic nitrogens is 4. The Morgan fingerprint density at radius 1 is 1.05 bits per heavy atom. The summed E-state index contributed by atoms with van der Waals surface area (Å²) in [4.78, 5) is 8.16. The van der Waals surface area contributed by atoms with Crippen LogP contribution in [-0.2, 0) is 0 Å². The standard InChI is InChI=1S/C18H16N4/c1-12-10-13(2)17(22-9-5-8-19-22)14(11-12)18-20-15-6-3-4-7-16(15)21-18/h3-11H,1-2H3,(H,20,21). The van der Waals surface area contributed by atoms with Gasteiger partial charge >= 0.3 is 0 Å². The molecule has 0 bridgehead atoms. The molecular formula is C18H16N4. The Balaban J connectivity index is 2.01. The van der Waals surface area contributed by atoms with Crippen molar-refractivity contribution >= 4 is 11.0 Å². The summed E-state index contributed by atoms with van der Waals surface area (Å²) in [6.07, 6.45) is 3.76. The molecule has 0 radical (unpaired) electrons. The third-order valence-electron chi connectivity index (χ3n) is 3.82. The van der Waals surface area contributed by atoms with Crippen molar-refractivity contribution in [2.75, 3.05) is 0 Å². The van der Waals surface area contributed by atoms with Crippen LogP contribution in [0.15, 0.2) is 54.9 Å². The SMILES string of the molecule is Cc1cc(C)c(-n2cccn2)c(-c2nc3ccccc3[nH]2)c1. The average molecular weight is 288 g/mol. The second kappa shape index (κ2) is 4.84. The fourth-order valence-corrected chi connectivity index (χ4v) is 2.93. The van der Waals surface area contributed by atoms with E-state index in [0.717, 1.165) is 28.1 Å². The zero-order valence-corrected chi connectivity index (χ0v) is 12.5. The van der Waals surface area contributed by atoms with Crippen LogP contribution >= 0.6 is 0 Å². The van der Waals surface area contributed by atoms with Gasteiger partial charge in [0.05, 0.1) is 16.7 Å². The Labute approximate surface area is 128 Å². The third-order valence-corrected chi connectivity index (χ3v) is 3.82. The van der Waals surface area contributed by atoms with E-state index in [0.29, 0.717) is 0 Å². The number of aromatic amines is 1. The molecule has 4 aromatic rings. The van der Waals surface area contributed by atoms with E-state index in [9.17, 15) is 0 Å². The summed E-state index contributed by atoms with van der Waals surface area (Å²) >= 11 is 0. The van der Waals surface area contributed by atoms with Crippen molar-refractivity contribution in [3.8, 4) is 17.1 Å². The number of imidazole rings is 1. The molecule has 0 spiro atoms. The van der Waals surface area contributed by atoms with Gasteiger partial charge in [0.1, 0.15) is 5.82 Å². The van der Waals surface area contributed by atoms with Gasteiger partial charge in [0.25, 0.3) is 0 Å². The molecule has 1 N–H and O–H groups in total. The number of para-hydroxylation sites is 2. The van der Waals surface area contributed by atoms with Gasteiger partial charge in [0, 0.05) is 18.0 Å². The summed E-state index contributed by atoms with van der Waals surface area (Å²) in [7, 11) is 0. The van der Waals surface area contributed by atoms with Crippen LogP contribution in [-0.4, -0.2) is 19.7 Å². The zero-order valence-electron chi connectivity index (χ0n) is 12.5. The number of H-pyrrole nitrogens is 1. The summed E-state index contributed by atoms with van der Waals surface area (Å²) < 4.78 is 1.90. The molecular weight excluding hydrogens is 272 g/mol. The Kier molecular flexibility index (Phi) is 2.82. The number of hydrogen-bond donors (Lipinski definition) is 1. The highest BCUT2D eigenvalue weighted by Gasteiger charge is 2.14. The summed E-state index contributed by atoms with van der Waals surface area (Å²) in [5.41, 5.74) is 6.54. The first-order valence-corrected chi connectivity index (χ1v) is 7.29. The second-order valence-electron chi connectivity index (χ2n) is 5.53. The third kappa shape index (κ3) is 2.00. The lowest BCUT2D eigenvalue weighted by atomic mass is 10.0. The van der Waals surface area contributed by atoms with Crippen LogP contribution in [0.2, 0.25) is 0 Å². The van der Waals surface area contributed by atoms with Crippen molar-refractivity contribution in [1.29, 1.82) is 0 Å². The first-order valence-electron chi connectivity index (χ1n) is 7.29. The van der Waals surface area contributed by atoms with E-state index >= 15 is 0 Å². The molecule has 0 atom stereocenters. The first kappa shape index (κ1) is 12.8. The van der Waals surface area contributed by atoms with Gasteiger partial charge in [-0.15, -0.1) is 0 Å². The Hall–Kier alpha value is -2.88. The van der Waals surface area contributed by atoms with Crippen molar-refractivity contribution < 1.29 is 0 Å². The van der Waals surface area contributed by atoms with Crippen LogP contribution < -0.4 is 0 Å².